The number of hydrogen-bond acceptors (Lipinski definition) is 5. The number of aromatic nitrogens is 1. The number of hydrogen-bond donors (Lipinski definition) is 2. The molecule has 6 heteroatoms. The number of aryl methyl sites for hydroxylation is 1. The predicted molar refractivity (Wildman–Crippen MR) is 80.5 cm³/mol. The first-order valence-corrected chi connectivity index (χ1v) is 7.66. The van der Waals surface area contributed by atoms with Crippen LogP contribution >= 0.6 is 23.1 Å². The zero-order valence-corrected chi connectivity index (χ0v) is 12.2. The van der Waals surface area contributed by atoms with Crippen molar-refractivity contribution in [3.8, 4) is 0 Å². The van der Waals surface area contributed by atoms with Crippen LogP contribution in [-0.4, -0.2) is 16.6 Å². The number of rotatable bonds is 6. The average molecular weight is 293 g/mol. The van der Waals surface area contributed by atoms with Crippen LogP contribution in [0.5, 0.6) is 0 Å². The van der Waals surface area contributed by atoms with Crippen LogP contribution in [-0.2, 0) is 11.3 Å². The lowest BCUT2D eigenvalue weighted by Crippen LogP contribution is -2.13. The first kappa shape index (κ1) is 13.9. The van der Waals surface area contributed by atoms with Crippen LogP contribution in [0.4, 0.5) is 5.69 Å². The van der Waals surface area contributed by atoms with Crippen molar-refractivity contribution < 1.29 is 4.79 Å². The third-order valence-corrected chi connectivity index (χ3v) is 4.30. The topological polar surface area (TPSA) is 68.0 Å². The van der Waals surface area contributed by atoms with Crippen LogP contribution in [0.25, 0.3) is 0 Å². The van der Waals surface area contributed by atoms with Gasteiger partial charge in [0, 0.05) is 16.0 Å². The molecule has 0 aliphatic carbocycles. The highest BCUT2D eigenvalue weighted by Gasteiger charge is 2.05. The SMILES string of the molecule is Cc1nc(CNc2ccccc2SCC(N)=O)cs1. The Labute approximate surface area is 120 Å². The lowest BCUT2D eigenvalue weighted by Gasteiger charge is -2.09. The molecule has 1 aromatic carbocycles. The maximum absolute atomic E-state index is 10.8. The molecule has 4 nitrogen and oxygen atoms in total. The van der Waals surface area contributed by atoms with Gasteiger partial charge >= 0.3 is 0 Å². The minimum absolute atomic E-state index is 0.286. The molecular weight excluding hydrogens is 278 g/mol. The van der Waals surface area contributed by atoms with Gasteiger partial charge < -0.3 is 11.1 Å². The third-order valence-electron chi connectivity index (χ3n) is 2.38. The van der Waals surface area contributed by atoms with Gasteiger partial charge in [-0.2, -0.15) is 0 Å². The standard InChI is InChI=1S/C13H15N3OS2/c1-9-16-10(7-18-9)6-15-11-4-2-3-5-12(11)19-8-13(14)17/h2-5,7,15H,6,8H2,1H3,(H2,14,17). The summed E-state index contributed by atoms with van der Waals surface area (Å²) in [6, 6.07) is 7.87. The number of thiazole rings is 1. The summed E-state index contributed by atoms with van der Waals surface area (Å²) >= 11 is 3.08. The van der Waals surface area contributed by atoms with Gasteiger partial charge in [-0.3, -0.25) is 4.79 Å². The van der Waals surface area contributed by atoms with Gasteiger partial charge in [-0.25, -0.2) is 4.98 Å². The maximum atomic E-state index is 10.8. The molecule has 2 rings (SSSR count). The molecule has 1 heterocycles. The molecule has 0 spiro atoms. The number of thioether (sulfide) groups is 1. The molecular formula is C13H15N3OS2. The highest BCUT2D eigenvalue weighted by atomic mass is 32.2. The second-order valence-electron chi connectivity index (χ2n) is 3.96. The monoisotopic (exact) mass is 293 g/mol. The van der Waals surface area contributed by atoms with Crippen molar-refractivity contribution in [2.45, 2.75) is 18.4 Å². The number of amides is 1. The van der Waals surface area contributed by atoms with Crippen molar-refractivity contribution in [3.05, 3.63) is 40.3 Å². The summed E-state index contributed by atoms with van der Waals surface area (Å²) in [6.45, 7) is 2.67. The number of nitrogens with zero attached hydrogens (tertiary/aromatic N) is 1. The van der Waals surface area contributed by atoms with Gasteiger partial charge in [0.1, 0.15) is 0 Å². The Morgan fingerprint density at radius 1 is 1.47 bits per heavy atom. The van der Waals surface area contributed by atoms with E-state index in [4.69, 9.17) is 5.73 Å². The number of carbonyl (C=O) groups is 1. The lowest BCUT2D eigenvalue weighted by molar-refractivity contribution is -0.115. The normalized spacial score (nSPS) is 10.4. The van der Waals surface area contributed by atoms with Crippen molar-refractivity contribution in [1.29, 1.82) is 0 Å². The zero-order chi connectivity index (χ0) is 13.7. The van der Waals surface area contributed by atoms with E-state index in [1.807, 2.05) is 36.6 Å². The quantitative estimate of drug-likeness (QED) is 0.803. The molecule has 0 bridgehead atoms. The molecule has 0 radical (unpaired) electrons. The molecule has 0 fully saturated rings. The zero-order valence-electron chi connectivity index (χ0n) is 10.6. The summed E-state index contributed by atoms with van der Waals surface area (Å²) in [6.07, 6.45) is 0. The van der Waals surface area contributed by atoms with Crippen LogP contribution in [0, 0.1) is 6.92 Å². The number of carbonyl (C=O) groups excluding carboxylic acids is 1. The molecule has 2 aromatic rings. The smallest absolute Gasteiger partial charge is 0.227 e. The van der Waals surface area contributed by atoms with Gasteiger partial charge in [-0.1, -0.05) is 12.1 Å². The van der Waals surface area contributed by atoms with E-state index in [9.17, 15) is 4.79 Å². The highest BCUT2D eigenvalue weighted by Crippen LogP contribution is 2.27. The highest BCUT2D eigenvalue weighted by molar-refractivity contribution is 8.00. The van der Waals surface area contributed by atoms with Gasteiger partial charge in [0.15, 0.2) is 0 Å². The van der Waals surface area contributed by atoms with E-state index in [1.54, 1.807) is 11.3 Å². The molecule has 0 atom stereocenters. The Kier molecular flexibility index (Phi) is 4.81. The Hall–Kier alpha value is -1.53. The Bertz CT molecular complexity index is 569. The number of anilines is 1. The van der Waals surface area contributed by atoms with Crippen molar-refractivity contribution in [2.24, 2.45) is 5.73 Å². The molecule has 0 saturated carbocycles. The van der Waals surface area contributed by atoms with E-state index in [2.05, 4.69) is 10.3 Å². The number of primary amides is 1. The molecule has 1 aromatic heterocycles. The Morgan fingerprint density at radius 2 is 2.26 bits per heavy atom. The van der Waals surface area contributed by atoms with Crippen molar-refractivity contribution in [2.75, 3.05) is 11.1 Å². The largest absolute Gasteiger partial charge is 0.378 e. The fraction of sp³-hybridized carbons (Fsp3) is 0.231. The summed E-state index contributed by atoms with van der Waals surface area (Å²) in [5.74, 6) is -0.0240. The molecule has 0 aliphatic heterocycles. The van der Waals surface area contributed by atoms with E-state index in [0.29, 0.717) is 6.54 Å². The number of benzene rings is 1. The number of nitrogens with one attached hydrogen (secondary N) is 1. The molecule has 100 valence electrons. The Morgan fingerprint density at radius 3 is 2.95 bits per heavy atom. The van der Waals surface area contributed by atoms with Crippen molar-refractivity contribution in [1.82, 2.24) is 4.98 Å². The molecule has 1 amide bonds. The second-order valence-corrected chi connectivity index (χ2v) is 6.04. The van der Waals surface area contributed by atoms with E-state index in [-0.39, 0.29) is 11.7 Å². The Balaban J connectivity index is 2.01. The first-order chi connectivity index (χ1) is 9.15. The number of nitrogens with two attached hydrogens (primary N) is 1. The molecule has 0 aliphatic rings. The van der Waals surface area contributed by atoms with Crippen molar-refractivity contribution >= 4 is 34.7 Å². The van der Waals surface area contributed by atoms with E-state index < -0.39 is 0 Å². The average Bonchev–Trinajstić information content (AvgIpc) is 2.80. The van der Waals surface area contributed by atoms with Gasteiger partial charge in [0.2, 0.25) is 5.91 Å². The molecule has 19 heavy (non-hydrogen) atoms. The van der Waals surface area contributed by atoms with Crippen molar-refractivity contribution in [3.63, 3.8) is 0 Å². The molecule has 0 saturated heterocycles. The minimum atomic E-state index is -0.310. The number of para-hydroxylation sites is 1. The summed E-state index contributed by atoms with van der Waals surface area (Å²) in [7, 11) is 0. The summed E-state index contributed by atoms with van der Waals surface area (Å²) in [5.41, 5.74) is 7.19. The lowest BCUT2D eigenvalue weighted by atomic mass is 10.3. The van der Waals surface area contributed by atoms with E-state index in [0.717, 1.165) is 21.3 Å². The first-order valence-electron chi connectivity index (χ1n) is 5.80. The fourth-order valence-electron chi connectivity index (χ4n) is 1.56. The van der Waals surface area contributed by atoms with Crippen LogP contribution in [0.3, 0.4) is 0 Å². The molecule has 0 unspecified atom stereocenters. The van der Waals surface area contributed by atoms with E-state index >= 15 is 0 Å². The van der Waals surface area contributed by atoms with Gasteiger partial charge in [-0.15, -0.1) is 23.1 Å². The predicted octanol–water partition coefficient (Wildman–Crippen LogP) is 2.64. The minimum Gasteiger partial charge on any atom is -0.378 e. The van der Waals surface area contributed by atoms with E-state index in [1.165, 1.54) is 11.8 Å². The van der Waals surface area contributed by atoms with Gasteiger partial charge in [0.25, 0.3) is 0 Å². The molecule has 3 N–H and O–H groups in total. The van der Waals surface area contributed by atoms with Gasteiger partial charge in [0.05, 0.1) is 23.0 Å². The van der Waals surface area contributed by atoms with Crippen LogP contribution < -0.4 is 11.1 Å². The third kappa shape index (κ3) is 4.25. The summed E-state index contributed by atoms with van der Waals surface area (Å²) in [4.78, 5) is 16.3. The fourth-order valence-corrected chi connectivity index (χ4v) is 2.94. The van der Waals surface area contributed by atoms with Gasteiger partial charge in [-0.05, 0) is 19.1 Å². The summed E-state index contributed by atoms with van der Waals surface area (Å²) < 4.78 is 0. The van der Waals surface area contributed by atoms with Crippen LogP contribution in [0.1, 0.15) is 10.7 Å². The second kappa shape index (κ2) is 6.58. The van der Waals surface area contributed by atoms with Crippen LogP contribution in [0.15, 0.2) is 34.5 Å². The maximum Gasteiger partial charge on any atom is 0.227 e. The summed E-state index contributed by atoms with van der Waals surface area (Å²) in [5, 5.41) is 6.44. The van der Waals surface area contributed by atoms with Crippen LogP contribution in [0.2, 0.25) is 0 Å².